The third-order valence-corrected chi connectivity index (χ3v) is 4.36. The second kappa shape index (κ2) is 3.27. The maximum atomic E-state index is 12.0. The molecule has 0 radical (unpaired) electrons. The number of nitrogens with zero attached hydrogens (tertiary/aromatic N) is 1. The van der Waals surface area contributed by atoms with Gasteiger partial charge in [-0.05, 0) is 23.3 Å². The number of rotatable bonds is 0. The molecule has 3 rings (SSSR count). The van der Waals surface area contributed by atoms with Gasteiger partial charge < -0.3 is 4.55 Å². The number of aromatic amines is 1. The third kappa shape index (κ3) is 1.29. The van der Waals surface area contributed by atoms with Crippen LogP contribution in [-0.2, 0) is 16.9 Å². The van der Waals surface area contributed by atoms with Gasteiger partial charge in [0.05, 0.1) is 22.5 Å². The Balaban J connectivity index is 2.33. The number of benzene rings is 1. The number of halogens is 1. The van der Waals surface area contributed by atoms with Crippen LogP contribution in [0, 0.1) is 0 Å². The Morgan fingerprint density at radius 2 is 2.33 bits per heavy atom. The van der Waals surface area contributed by atoms with Gasteiger partial charge >= 0.3 is 0 Å². The van der Waals surface area contributed by atoms with Gasteiger partial charge in [0.2, 0.25) is 0 Å². The van der Waals surface area contributed by atoms with Crippen molar-refractivity contribution < 1.29 is 4.55 Å². The van der Waals surface area contributed by atoms with Crippen LogP contribution in [0.15, 0.2) is 29.3 Å². The Hall–Kier alpha value is -0.970. The van der Waals surface area contributed by atoms with Gasteiger partial charge in [0, 0.05) is 5.56 Å². The minimum Gasteiger partial charge on any atom is -0.611 e. The molecule has 0 fully saturated rings. The molecule has 0 saturated carbocycles. The molecule has 15 heavy (non-hydrogen) atoms. The molecule has 76 valence electrons. The molecule has 1 N–H and O–H groups in total. The van der Waals surface area contributed by atoms with Gasteiger partial charge in [-0.15, -0.1) is 0 Å². The van der Waals surface area contributed by atoms with Crippen LogP contribution in [0.5, 0.6) is 0 Å². The summed E-state index contributed by atoms with van der Waals surface area (Å²) < 4.78 is 12.0. The minimum atomic E-state index is -1.06. The van der Waals surface area contributed by atoms with Crippen molar-refractivity contribution in [1.82, 2.24) is 10.2 Å². The van der Waals surface area contributed by atoms with E-state index in [1.807, 2.05) is 12.1 Å². The number of hydrogen-bond donors (Lipinski definition) is 1. The molecule has 2 heterocycles. The normalized spacial score (nSPS) is 18.4. The summed E-state index contributed by atoms with van der Waals surface area (Å²) in [6.45, 7) is 0. The monoisotopic (exact) mass is 238 g/mol. The quantitative estimate of drug-likeness (QED) is 0.717. The minimum absolute atomic E-state index is 0.489. The standard InChI is InChI=1S/C10H7ClN2OS/c11-8-3-1-2-7-9-6(4-12-13-9)5-15(14)10(7)8/h1-4H,5H2,(H,12,13). The lowest BCUT2D eigenvalue weighted by Crippen LogP contribution is -2.12. The Bertz CT molecular complexity index is 526. The SMILES string of the molecule is [O-][S+]1Cc2cn[nH]c2-c2cccc(Cl)c21. The molecule has 1 aromatic carbocycles. The first-order valence-corrected chi connectivity index (χ1v) is 6.16. The third-order valence-electron chi connectivity index (χ3n) is 2.47. The van der Waals surface area contributed by atoms with Crippen molar-refractivity contribution in [2.45, 2.75) is 10.6 Å². The molecule has 1 atom stereocenters. The van der Waals surface area contributed by atoms with E-state index in [0.717, 1.165) is 21.7 Å². The summed E-state index contributed by atoms with van der Waals surface area (Å²) in [6.07, 6.45) is 1.72. The largest absolute Gasteiger partial charge is 0.611 e. The number of nitrogens with one attached hydrogen (secondary N) is 1. The average molecular weight is 239 g/mol. The van der Waals surface area contributed by atoms with Gasteiger partial charge in [0.15, 0.2) is 4.90 Å². The fourth-order valence-corrected chi connectivity index (χ4v) is 3.58. The Morgan fingerprint density at radius 3 is 3.20 bits per heavy atom. The lowest BCUT2D eigenvalue weighted by Gasteiger charge is -2.19. The van der Waals surface area contributed by atoms with E-state index in [1.165, 1.54) is 0 Å². The van der Waals surface area contributed by atoms with Crippen molar-refractivity contribution in [2.24, 2.45) is 0 Å². The van der Waals surface area contributed by atoms with E-state index in [0.29, 0.717) is 10.8 Å². The predicted molar refractivity (Wildman–Crippen MR) is 59.1 cm³/mol. The summed E-state index contributed by atoms with van der Waals surface area (Å²) in [7, 11) is 0. The van der Waals surface area contributed by atoms with Crippen LogP contribution in [0.25, 0.3) is 11.3 Å². The maximum absolute atomic E-state index is 12.0. The van der Waals surface area contributed by atoms with Gasteiger partial charge in [0.1, 0.15) is 5.75 Å². The smallest absolute Gasteiger partial charge is 0.181 e. The number of H-pyrrole nitrogens is 1. The zero-order chi connectivity index (χ0) is 10.4. The molecule has 1 aliphatic rings. The first kappa shape index (κ1) is 9.27. The van der Waals surface area contributed by atoms with Crippen LogP contribution < -0.4 is 0 Å². The fraction of sp³-hybridized carbons (Fsp3) is 0.100. The zero-order valence-electron chi connectivity index (χ0n) is 7.66. The van der Waals surface area contributed by atoms with E-state index in [2.05, 4.69) is 10.2 Å². The highest BCUT2D eigenvalue weighted by Gasteiger charge is 2.30. The van der Waals surface area contributed by atoms with Crippen LogP contribution in [-0.4, -0.2) is 14.8 Å². The number of aromatic nitrogens is 2. The Kier molecular flexibility index (Phi) is 2.02. The first-order valence-electron chi connectivity index (χ1n) is 4.47. The molecule has 0 spiro atoms. The molecule has 0 amide bonds. The van der Waals surface area contributed by atoms with Crippen molar-refractivity contribution in [3.8, 4) is 11.3 Å². The van der Waals surface area contributed by atoms with E-state index >= 15 is 0 Å². The zero-order valence-corrected chi connectivity index (χ0v) is 9.23. The van der Waals surface area contributed by atoms with Crippen molar-refractivity contribution in [3.05, 3.63) is 35.0 Å². The molecule has 0 saturated heterocycles. The number of fused-ring (bicyclic) bond motifs is 3. The molecule has 3 nitrogen and oxygen atoms in total. The topological polar surface area (TPSA) is 51.7 Å². The molecule has 0 aliphatic carbocycles. The van der Waals surface area contributed by atoms with Crippen molar-refractivity contribution in [1.29, 1.82) is 0 Å². The average Bonchev–Trinajstić information content (AvgIpc) is 2.65. The van der Waals surface area contributed by atoms with Gasteiger partial charge in [-0.1, -0.05) is 17.7 Å². The van der Waals surface area contributed by atoms with Crippen LogP contribution >= 0.6 is 11.6 Å². The van der Waals surface area contributed by atoms with Crippen LogP contribution in [0.4, 0.5) is 0 Å². The van der Waals surface area contributed by atoms with Crippen molar-refractivity contribution >= 4 is 22.8 Å². The van der Waals surface area contributed by atoms with Crippen molar-refractivity contribution in [3.63, 3.8) is 0 Å². The maximum Gasteiger partial charge on any atom is 0.181 e. The summed E-state index contributed by atoms with van der Waals surface area (Å²) in [6, 6.07) is 5.53. The molecule has 0 bridgehead atoms. The van der Waals surface area contributed by atoms with Gasteiger partial charge in [-0.3, -0.25) is 5.10 Å². The predicted octanol–water partition coefficient (Wildman–Crippen LogP) is 2.35. The molecular weight excluding hydrogens is 232 g/mol. The van der Waals surface area contributed by atoms with E-state index in [9.17, 15) is 4.55 Å². The summed E-state index contributed by atoms with van der Waals surface area (Å²) in [5, 5.41) is 7.44. The highest BCUT2D eigenvalue weighted by atomic mass is 35.5. The second-order valence-corrected chi connectivity index (χ2v) is 5.17. The van der Waals surface area contributed by atoms with Gasteiger partial charge in [0.25, 0.3) is 0 Å². The summed E-state index contributed by atoms with van der Waals surface area (Å²) in [5.74, 6) is 0.489. The Labute approximate surface area is 94.6 Å². The molecule has 2 aromatic rings. The van der Waals surface area contributed by atoms with E-state index in [4.69, 9.17) is 11.6 Å². The lowest BCUT2D eigenvalue weighted by atomic mass is 10.1. The first-order chi connectivity index (χ1) is 7.27. The fourth-order valence-electron chi connectivity index (χ4n) is 1.80. The van der Waals surface area contributed by atoms with Gasteiger partial charge in [-0.2, -0.15) is 5.10 Å². The lowest BCUT2D eigenvalue weighted by molar-refractivity contribution is 0.593. The van der Waals surface area contributed by atoms with Crippen molar-refractivity contribution in [2.75, 3.05) is 0 Å². The second-order valence-electron chi connectivity index (χ2n) is 3.38. The molecule has 1 aliphatic heterocycles. The molecular formula is C10H7ClN2OS. The summed E-state index contributed by atoms with van der Waals surface area (Å²) in [5.41, 5.74) is 2.83. The summed E-state index contributed by atoms with van der Waals surface area (Å²) >= 11 is 4.98. The molecule has 1 unspecified atom stereocenters. The van der Waals surface area contributed by atoms with E-state index in [1.54, 1.807) is 12.3 Å². The molecule has 5 heteroatoms. The van der Waals surface area contributed by atoms with Crippen LogP contribution in [0.2, 0.25) is 5.02 Å². The molecule has 1 aromatic heterocycles. The van der Waals surface area contributed by atoms with Crippen LogP contribution in [0.3, 0.4) is 0 Å². The Morgan fingerprint density at radius 1 is 1.47 bits per heavy atom. The number of hydrogen-bond acceptors (Lipinski definition) is 2. The van der Waals surface area contributed by atoms with Gasteiger partial charge in [-0.25, -0.2) is 0 Å². The highest BCUT2D eigenvalue weighted by Crippen LogP contribution is 2.39. The van der Waals surface area contributed by atoms with E-state index < -0.39 is 11.2 Å². The van der Waals surface area contributed by atoms with E-state index in [-0.39, 0.29) is 0 Å². The summed E-state index contributed by atoms with van der Waals surface area (Å²) in [4.78, 5) is 0.718. The highest BCUT2D eigenvalue weighted by molar-refractivity contribution is 7.91. The van der Waals surface area contributed by atoms with Crippen LogP contribution in [0.1, 0.15) is 5.56 Å².